The number of aromatic nitrogens is 3. The Balaban J connectivity index is 1.78. The van der Waals surface area contributed by atoms with Gasteiger partial charge in [-0.25, -0.2) is 9.78 Å². The summed E-state index contributed by atoms with van der Waals surface area (Å²) in [6, 6.07) is 13.0. The number of hydrogen-bond acceptors (Lipinski definition) is 3. The SMILES string of the molecule is CCn1c(=O)n(CCC(=O)Nc2ccccn2)c2ccccc21. The number of carbonyl (C=O) groups excluding carboxylic acids is 1. The number of imidazole rings is 1. The van der Waals surface area contributed by atoms with Gasteiger partial charge in [-0.3, -0.25) is 13.9 Å². The highest BCUT2D eigenvalue weighted by molar-refractivity contribution is 5.89. The average molecular weight is 310 g/mol. The van der Waals surface area contributed by atoms with Gasteiger partial charge in [-0.05, 0) is 31.2 Å². The van der Waals surface area contributed by atoms with E-state index < -0.39 is 0 Å². The molecule has 2 aromatic heterocycles. The first kappa shape index (κ1) is 15.0. The normalized spacial score (nSPS) is 10.8. The van der Waals surface area contributed by atoms with Crippen LogP contribution in [-0.2, 0) is 17.9 Å². The van der Waals surface area contributed by atoms with E-state index in [2.05, 4.69) is 10.3 Å². The minimum absolute atomic E-state index is 0.0839. The van der Waals surface area contributed by atoms with Gasteiger partial charge in [-0.2, -0.15) is 0 Å². The van der Waals surface area contributed by atoms with Crippen molar-refractivity contribution in [1.82, 2.24) is 14.1 Å². The topological polar surface area (TPSA) is 68.9 Å². The van der Waals surface area contributed by atoms with Crippen molar-refractivity contribution in [2.75, 3.05) is 5.32 Å². The Kier molecular flexibility index (Phi) is 4.23. The van der Waals surface area contributed by atoms with Crippen LogP contribution in [0.4, 0.5) is 5.82 Å². The summed E-state index contributed by atoms with van der Waals surface area (Å²) in [5, 5.41) is 2.73. The monoisotopic (exact) mass is 310 g/mol. The first-order valence-electron chi connectivity index (χ1n) is 7.59. The van der Waals surface area contributed by atoms with Gasteiger partial charge < -0.3 is 5.32 Å². The molecule has 6 heteroatoms. The molecule has 1 aromatic carbocycles. The van der Waals surface area contributed by atoms with Crippen LogP contribution < -0.4 is 11.0 Å². The van der Waals surface area contributed by atoms with Crippen LogP contribution in [0.15, 0.2) is 53.5 Å². The maximum atomic E-state index is 12.5. The lowest BCUT2D eigenvalue weighted by atomic mass is 10.3. The van der Waals surface area contributed by atoms with E-state index in [1.807, 2.05) is 37.3 Å². The number of para-hydroxylation sites is 2. The zero-order chi connectivity index (χ0) is 16.2. The molecule has 6 nitrogen and oxygen atoms in total. The summed E-state index contributed by atoms with van der Waals surface area (Å²) in [7, 11) is 0. The Morgan fingerprint density at radius 3 is 2.43 bits per heavy atom. The van der Waals surface area contributed by atoms with Gasteiger partial charge >= 0.3 is 5.69 Å². The first-order valence-corrected chi connectivity index (χ1v) is 7.59. The zero-order valence-electron chi connectivity index (χ0n) is 12.9. The molecule has 1 amide bonds. The van der Waals surface area contributed by atoms with Crippen LogP contribution in [-0.4, -0.2) is 20.0 Å². The lowest BCUT2D eigenvalue weighted by molar-refractivity contribution is -0.116. The summed E-state index contributed by atoms with van der Waals surface area (Å²) in [5.74, 6) is 0.352. The lowest BCUT2D eigenvalue weighted by Gasteiger charge is -2.05. The number of pyridine rings is 1. The molecule has 0 unspecified atom stereocenters. The minimum atomic E-state index is -0.163. The Bertz CT molecular complexity index is 880. The molecule has 1 N–H and O–H groups in total. The smallest absolute Gasteiger partial charge is 0.311 e. The quantitative estimate of drug-likeness (QED) is 0.786. The number of anilines is 1. The summed E-state index contributed by atoms with van der Waals surface area (Å²) in [6.07, 6.45) is 1.84. The maximum absolute atomic E-state index is 12.5. The first-order chi connectivity index (χ1) is 11.2. The largest absolute Gasteiger partial charge is 0.329 e. The molecular formula is C17H18N4O2. The molecule has 0 spiro atoms. The predicted octanol–water partition coefficient (Wildman–Crippen LogP) is 2.25. The number of rotatable bonds is 5. The standard InChI is InChI=1S/C17H18N4O2/c1-2-20-13-7-3-4-8-14(13)21(17(20)23)12-10-16(22)19-15-9-5-6-11-18-15/h3-9,11H,2,10,12H2,1H3,(H,18,19,22). The summed E-state index contributed by atoms with van der Waals surface area (Å²) in [4.78, 5) is 28.6. The van der Waals surface area contributed by atoms with E-state index in [9.17, 15) is 9.59 Å². The average Bonchev–Trinajstić information content (AvgIpc) is 2.85. The molecule has 0 saturated heterocycles. The van der Waals surface area contributed by atoms with Crippen molar-refractivity contribution in [2.45, 2.75) is 26.4 Å². The van der Waals surface area contributed by atoms with E-state index in [1.54, 1.807) is 27.5 Å². The molecule has 3 aromatic rings. The van der Waals surface area contributed by atoms with Crippen molar-refractivity contribution in [3.05, 3.63) is 59.1 Å². The second-order valence-electron chi connectivity index (χ2n) is 5.18. The molecule has 0 aliphatic rings. The van der Waals surface area contributed by atoms with Crippen LogP contribution in [0.25, 0.3) is 11.0 Å². The van der Waals surface area contributed by atoms with Crippen molar-refractivity contribution >= 4 is 22.8 Å². The zero-order valence-corrected chi connectivity index (χ0v) is 12.9. The molecule has 0 radical (unpaired) electrons. The second-order valence-corrected chi connectivity index (χ2v) is 5.18. The summed E-state index contributed by atoms with van der Waals surface area (Å²) >= 11 is 0. The van der Waals surface area contributed by atoms with Gasteiger partial charge in [-0.15, -0.1) is 0 Å². The molecule has 0 fully saturated rings. The molecule has 0 aliphatic heterocycles. The molecule has 0 bridgehead atoms. The molecule has 23 heavy (non-hydrogen) atoms. The van der Waals surface area contributed by atoms with Crippen LogP contribution >= 0.6 is 0 Å². The number of nitrogens with one attached hydrogen (secondary N) is 1. The van der Waals surface area contributed by atoms with Crippen molar-refractivity contribution in [3.8, 4) is 0 Å². The molecule has 118 valence electrons. The van der Waals surface area contributed by atoms with Crippen LogP contribution in [0.2, 0.25) is 0 Å². The van der Waals surface area contributed by atoms with Gasteiger partial charge in [0.25, 0.3) is 0 Å². The van der Waals surface area contributed by atoms with Crippen LogP contribution in [0.5, 0.6) is 0 Å². The number of aryl methyl sites for hydroxylation is 2. The highest BCUT2D eigenvalue weighted by Crippen LogP contribution is 2.13. The van der Waals surface area contributed by atoms with Crippen molar-refractivity contribution in [1.29, 1.82) is 0 Å². The summed E-state index contributed by atoms with van der Waals surface area (Å²) in [5.41, 5.74) is 1.66. The van der Waals surface area contributed by atoms with E-state index in [1.165, 1.54) is 0 Å². The molecule has 0 atom stereocenters. The van der Waals surface area contributed by atoms with Gasteiger partial charge in [0.2, 0.25) is 5.91 Å². The molecule has 3 rings (SSSR count). The third-order valence-electron chi connectivity index (χ3n) is 3.74. The van der Waals surface area contributed by atoms with E-state index in [4.69, 9.17) is 0 Å². The Hall–Kier alpha value is -2.89. The van der Waals surface area contributed by atoms with Crippen LogP contribution in [0, 0.1) is 0 Å². The van der Waals surface area contributed by atoms with Crippen LogP contribution in [0.3, 0.4) is 0 Å². The number of fused-ring (bicyclic) bond motifs is 1. The summed E-state index contributed by atoms with van der Waals surface area (Å²) in [6.45, 7) is 2.88. The number of nitrogens with zero attached hydrogens (tertiary/aromatic N) is 3. The van der Waals surface area contributed by atoms with Gasteiger partial charge in [0.15, 0.2) is 0 Å². The third-order valence-corrected chi connectivity index (χ3v) is 3.74. The molecule has 0 saturated carbocycles. The van der Waals surface area contributed by atoms with E-state index in [0.717, 1.165) is 11.0 Å². The van der Waals surface area contributed by atoms with Crippen molar-refractivity contribution in [2.24, 2.45) is 0 Å². The summed E-state index contributed by atoms with van der Waals surface area (Å²) < 4.78 is 3.36. The van der Waals surface area contributed by atoms with E-state index in [0.29, 0.717) is 18.9 Å². The minimum Gasteiger partial charge on any atom is -0.311 e. The van der Waals surface area contributed by atoms with E-state index in [-0.39, 0.29) is 18.0 Å². The fraction of sp³-hybridized carbons (Fsp3) is 0.235. The Morgan fingerprint density at radius 1 is 1.09 bits per heavy atom. The number of benzene rings is 1. The third kappa shape index (κ3) is 3.01. The van der Waals surface area contributed by atoms with Gasteiger partial charge in [0.05, 0.1) is 11.0 Å². The fourth-order valence-corrected chi connectivity index (χ4v) is 2.65. The number of hydrogen-bond donors (Lipinski definition) is 1. The predicted molar refractivity (Wildman–Crippen MR) is 89.4 cm³/mol. The highest BCUT2D eigenvalue weighted by Gasteiger charge is 2.12. The number of carbonyl (C=O) groups is 1. The molecular weight excluding hydrogens is 292 g/mol. The highest BCUT2D eigenvalue weighted by atomic mass is 16.2. The van der Waals surface area contributed by atoms with Crippen molar-refractivity contribution in [3.63, 3.8) is 0 Å². The van der Waals surface area contributed by atoms with Gasteiger partial charge in [-0.1, -0.05) is 18.2 Å². The Morgan fingerprint density at radius 2 is 1.78 bits per heavy atom. The molecule has 0 aliphatic carbocycles. The Labute approximate surface area is 133 Å². The van der Waals surface area contributed by atoms with Gasteiger partial charge in [0, 0.05) is 25.7 Å². The fourth-order valence-electron chi connectivity index (χ4n) is 2.65. The van der Waals surface area contributed by atoms with Crippen LogP contribution in [0.1, 0.15) is 13.3 Å². The number of amides is 1. The lowest BCUT2D eigenvalue weighted by Crippen LogP contribution is -2.25. The second kappa shape index (κ2) is 6.48. The van der Waals surface area contributed by atoms with Crippen molar-refractivity contribution < 1.29 is 4.79 Å². The maximum Gasteiger partial charge on any atom is 0.329 e. The van der Waals surface area contributed by atoms with Gasteiger partial charge in [0.1, 0.15) is 5.82 Å². The van der Waals surface area contributed by atoms with E-state index >= 15 is 0 Å². The molecule has 2 heterocycles.